The molecule has 10 rings (SSSR count). The summed E-state index contributed by atoms with van der Waals surface area (Å²) in [5, 5.41) is 0. The molecule has 0 N–H and O–H groups in total. The number of anilines is 3. The molecular formula is C42H28B2N2S. The van der Waals surface area contributed by atoms with Crippen LogP contribution < -0.4 is 37.7 Å². The molecule has 6 aromatic carbocycles. The maximum Gasteiger partial charge on any atom is 0.240 e. The molecule has 0 amide bonds. The Balaban J connectivity index is 1.38. The van der Waals surface area contributed by atoms with E-state index in [-0.39, 0.29) is 19.3 Å². The van der Waals surface area contributed by atoms with Crippen LogP contribution >= 0.6 is 11.8 Å². The van der Waals surface area contributed by atoms with Gasteiger partial charge < -0.3 is 4.90 Å². The van der Waals surface area contributed by atoms with E-state index in [2.05, 4.69) is 162 Å². The summed E-state index contributed by atoms with van der Waals surface area (Å²) in [6.45, 7) is 0.274. The molecule has 2 nitrogen and oxygen atoms in total. The van der Waals surface area contributed by atoms with Gasteiger partial charge in [0.05, 0.1) is 11.4 Å². The van der Waals surface area contributed by atoms with Gasteiger partial charge in [-0.1, -0.05) is 166 Å². The molecule has 0 saturated carbocycles. The number of rotatable bonds is 3. The molecule has 0 spiro atoms. The Hall–Kier alpha value is -5.25. The molecular weight excluding hydrogens is 586 g/mol. The molecule has 7 aromatic rings. The Bertz CT molecular complexity index is 2300. The lowest BCUT2D eigenvalue weighted by Gasteiger charge is -2.44. The van der Waals surface area contributed by atoms with Crippen molar-refractivity contribution >= 4 is 75.0 Å². The summed E-state index contributed by atoms with van der Waals surface area (Å²) in [6, 6.07) is 56.4. The Morgan fingerprint density at radius 3 is 1.98 bits per heavy atom. The SMILES string of the molecule is c1ccc(B2c3ccccc3B3c4ccccc4C(c4ccccc4)c4c5c(cc2c43)N(c2ccncc2)c2ccccc2S5)cc1. The van der Waals surface area contributed by atoms with E-state index in [0.29, 0.717) is 0 Å². The van der Waals surface area contributed by atoms with Crippen LogP contribution in [0.5, 0.6) is 0 Å². The predicted octanol–water partition coefficient (Wildman–Crippen LogP) is 5.86. The lowest BCUT2D eigenvalue weighted by Crippen LogP contribution is -2.77. The van der Waals surface area contributed by atoms with E-state index in [1.54, 1.807) is 0 Å². The fourth-order valence-electron chi connectivity index (χ4n) is 8.44. The third-order valence-electron chi connectivity index (χ3n) is 10.2. The second-order valence-corrected chi connectivity index (χ2v) is 13.7. The number of benzene rings is 6. The number of nitrogens with zero attached hydrogens (tertiary/aromatic N) is 2. The normalized spacial score (nSPS) is 15.2. The number of fused-ring (bicyclic) bond motifs is 7. The molecule has 0 aliphatic carbocycles. The molecule has 1 unspecified atom stereocenters. The van der Waals surface area contributed by atoms with Crippen LogP contribution in [-0.4, -0.2) is 18.4 Å². The second kappa shape index (κ2) is 10.7. The van der Waals surface area contributed by atoms with Gasteiger partial charge in [-0.2, -0.15) is 0 Å². The lowest BCUT2D eigenvalue weighted by atomic mass is 9.19. The minimum absolute atomic E-state index is 0.103. The minimum Gasteiger partial charge on any atom is -0.308 e. The molecule has 0 saturated heterocycles. The first-order valence-corrected chi connectivity index (χ1v) is 17.1. The average molecular weight is 614 g/mol. The topological polar surface area (TPSA) is 16.1 Å². The molecule has 218 valence electrons. The molecule has 47 heavy (non-hydrogen) atoms. The van der Waals surface area contributed by atoms with Crippen LogP contribution in [0.2, 0.25) is 0 Å². The molecule has 1 aromatic heterocycles. The molecule has 0 radical (unpaired) electrons. The van der Waals surface area contributed by atoms with E-state index in [0.717, 1.165) is 5.69 Å². The van der Waals surface area contributed by atoms with E-state index in [1.807, 2.05) is 24.2 Å². The molecule has 1 atom stereocenters. The van der Waals surface area contributed by atoms with Crippen LogP contribution in [-0.2, 0) is 0 Å². The van der Waals surface area contributed by atoms with Gasteiger partial charge in [0.15, 0.2) is 0 Å². The standard InChI is InChI=1S/C42H28B2N2S/c1-3-13-28(14-4-1)39-31-17-7-8-18-32(31)44-34-20-10-9-19-33(34)43(29-15-5-2-6-16-29)35-27-37-42(40(39)41(35)44)47-38-22-12-11-21-36(38)46(37)30-23-25-45-26-24-30/h1-27,39H. The molecule has 0 fully saturated rings. The van der Waals surface area contributed by atoms with Crippen molar-refractivity contribution in [2.24, 2.45) is 0 Å². The van der Waals surface area contributed by atoms with Gasteiger partial charge in [0.1, 0.15) is 0 Å². The van der Waals surface area contributed by atoms with E-state index < -0.39 is 0 Å². The van der Waals surface area contributed by atoms with Gasteiger partial charge in [0, 0.05) is 33.8 Å². The first-order valence-electron chi connectivity index (χ1n) is 16.3. The van der Waals surface area contributed by atoms with Crippen molar-refractivity contribution in [3.8, 4) is 0 Å². The van der Waals surface area contributed by atoms with Crippen LogP contribution in [0.25, 0.3) is 0 Å². The highest BCUT2D eigenvalue weighted by atomic mass is 32.2. The van der Waals surface area contributed by atoms with Crippen molar-refractivity contribution < 1.29 is 0 Å². The summed E-state index contributed by atoms with van der Waals surface area (Å²) >= 11 is 1.94. The maximum atomic E-state index is 4.40. The van der Waals surface area contributed by atoms with Crippen LogP contribution in [0.15, 0.2) is 174 Å². The Morgan fingerprint density at radius 2 is 1.19 bits per heavy atom. The van der Waals surface area contributed by atoms with Gasteiger partial charge in [-0.05, 0) is 47.0 Å². The van der Waals surface area contributed by atoms with Crippen molar-refractivity contribution in [2.45, 2.75) is 15.7 Å². The highest BCUT2D eigenvalue weighted by Crippen LogP contribution is 2.54. The third kappa shape index (κ3) is 4.00. The van der Waals surface area contributed by atoms with Crippen molar-refractivity contribution in [3.05, 3.63) is 181 Å². The zero-order valence-electron chi connectivity index (χ0n) is 25.6. The van der Waals surface area contributed by atoms with Gasteiger partial charge in [-0.25, -0.2) is 0 Å². The summed E-state index contributed by atoms with van der Waals surface area (Å²) in [6.07, 6.45) is 3.81. The average Bonchev–Trinajstić information content (AvgIpc) is 3.15. The summed E-state index contributed by atoms with van der Waals surface area (Å²) < 4.78 is 0. The summed E-state index contributed by atoms with van der Waals surface area (Å²) in [4.78, 5) is 9.48. The van der Waals surface area contributed by atoms with Gasteiger partial charge in [-0.15, -0.1) is 0 Å². The molecule has 3 aliphatic rings. The maximum absolute atomic E-state index is 4.40. The van der Waals surface area contributed by atoms with Crippen molar-refractivity contribution in [1.29, 1.82) is 0 Å². The fourth-order valence-corrected chi connectivity index (χ4v) is 9.66. The summed E-state index contributed by atoms with van der Waals surface area (Å²) in [5.41, 5.74) is 16.2. The Morgan fingerprint density at radius 1 is 0.553 bits per heavy atom. The number of pyridine rings is 1. The lowest BCUT2D eigenvalue weighted by molar-refractivity contribution is 0.949. The number of hydrogen-bond donors (Lipinski definition) is 0. The van der Waals surface area contributed by atoms with E-state index in [1.165, 1.54) is 70.6 Å². The quantitative estimate of drug-likeness (QED) is 0.232. The van der Waals surface area contributed by atoms with Gasteiger partial charge >= 0.3 is 0 Å². The van der Waals surface area contributed by atoms with Gasteiger partial charge in [0.25, 0.3) is 0 Å². The van der Waals surface area contributed by atoms with Crippen molar-refractivity contribution in [1.82, 2.24) is 4.98 Å². The van der Waals surface area contributed by atoms with Gasteiger partial charge in [0.2, 0.25) is 13.4 Å². The molecule has 0 bridgehead atoms. The number of para-hydroxylation sites is 1. The van der Waals surface area contributed by atoms with E-state index in [4.69, 9.17) is 0 Å². The zero-order chi connectivity index (χ0) is 30.9. The first kappa shape index (κ1) is 26.9. The Labute approximate surface area is 280 Å². The van der Waals surface area contributed by atoms with Crippen molar-refractivity contribution in [3.63, 3.8) is 0 Å². The highest BCUT2D eigenvalue weighted by molar-refractivity contribution is 7.99. The Kier molecular flexibility index (Phi) is 6.10. The van der Waals surface area contributed by atoms with Crippen LogP contribution in [0.4, 0.5) is 17.1 Å². The monoisotopic (exact) mass is 614 g/mol. The first-order chi connectivity index (χ1) is 23.4. The highest BCUT2D eigenvalue weighted by Gasteiger charge is 2.47. The zero-order valence-corrected chi connectivity index (χ0v) is 26.4. The molecule has 4 heterocycles. The predicted molar refractivity (Wildman–Crippen MR) is 199 cm³/mol. The van der Waals surface area contributed by atoms with E-state index >= 15 is 0 Å². The van der Waals surface area contributed by atoms with Crippen LogP contribution in [0.1, 0.15) is 22.6 Å². The van der Waals surface area contributed by atoms with Crippen LogP contribution in [0.3, 0.4) is 0 Å². The molecule has 5 heteroatoms. The third-order valence-corrected chi connectivity index (χ3v) is 11.4. The number of hydrogen-bond acceptors (Lipinski definition) is 3. The second-order valence-electron chi connectivity index (χ2n) is 12.6. The fraction of sp³-hybridized carbons (Fsp3) is 0.0238. The van der Waals surface area contributed by atoms with Crippen LogP contribution in [0, 0.1) is 0 Å². The van der Waals surface area contributed by atoms with Gasteiger partial charge in [-0.3, -0.25) is 4.98 Å². The minimum atomic E-state index is 0.103. The number of aromatic nitrogens is 1. The smallest absolute Gasteiger partial charge is 0.240 e. The summed E-state index contributed by atoms with van der Waals surface area (Å²) in [7, 11) is 0. The molecule has 3 aliphatic heterocycles. The van der Waals surface area contributed by atoms with E-state index in [9.17, 15) is 0 Å². The summed E-state index contributed by atoms with van der Waals surface area (Å²) in [5.74, 6) is 0.103. The largest absolute Gasteiger partial charge is 0.308 e. The van der Waals surface area contributed by atoms with Crippen molar-refractivity contribution in [2.75, 3.05) is 4.90 Å².